The number of hydrogen-bond acceptors (Lipinski definition) is 8. The van der Waals surface area contributed by atoms with Crippen LogP contribution >= 0.6 is 0 Å². The molecule has 11 nitrogen and oxygen atoms in total. The number of alkyl halides is 3. The van der Waals surface area contributed by atoms with E-state index in [9.17, 15) is 18.0 Å². The van der Waals surface area contributed by atoms with Crippen molar-refractivity contribution in [2.45, 2.75) is 13.1 Å². The molecule has 5 aromatic rings. The Hall–Kier alpha value is -5.53. The summed E-state index contributed by atoms with van der Waals surface area (Å²) in [6.45, 7) is 1.78. The van der Waals surface area contributed by atoms with E-state index < -0.39 is 17.8 Å². The molecule has 0 saturated carbocycles. The zero-order chi connectivity index (χ0) is 29.0. The quantitative estimate of drug-likeness (QED) is 0.186. The number of H-pyrrole nitrogens is 1. The lowest BCUT2D eigenvalue weighted by Crippen LogP contribution is -2.20. The van der Waals surface area contributed by atoms with Gasteiger partial charge in [0.15, 0.2) is 5.82 Å². The minimum absolute atomic E-state index is 0.109. The summed E-state index contributed by atoms with van der Waals surface area (Å²) in [5.74, 6) is 1.37. The van der Waals surface area contributed by atoms with Crippen LogP contribution in [0.15, 0.2) is 73.3 Å². The van der Waals surface area contributed by atoms with Gasteiger partial charge in [0.1, 0.15) is 12.1 Å². The van der Waals surface area contributed by atoms with Gasteiger partial charge < -0.3 is 20.7 Å². The highest BCUT2D eigenvalue weighted by Gasteiger charge is 2.31. The second-order valence-corrected chi connectivity index (χ2v) is 8.61. The zero-order valence-electron chi connectivity index (χ0n) is 21.6. The normalized spacial score (nSPS) is 11.1. The number of urea groups is 1. The van der Waals surface area contributed by atoms with Gasteiger partial charge in [-0.25, -0.2) is 24.7 Å². The van der Waals surface area contributed by atoms with Crippen molar-refractivity contribution in [1.29, 1.82) is 0 Å². The number of nitrogens with zero attached hydrogens (tertiary/aromatic N) is 5. The lowest BCUT2D eigenvalue weighted by Gasteiger charge is -2.15. The number of aromatic nitrogens is 6. The summed E-state index contributed by atoms with van der Waals surface area (Å²) in [7, 11) is 1.72. The summed E-state index contributed by atoms with van der Waals surface area (Å²) >= 11 is 0. The molecule has 0 aliphatic carbocycles. The molecule has 2 amide bonds. The summed E-state index contributed by atoms with van der Waals surface area (Å²) in [6.07, 6.45) is -0.109. The Kier molecular flexibility index (Phi) is 7.45. The van der Waals surface area contributed by atoms with Crippen molar-refractivity contribution in [2.75, 3.05) is 23.0 Å². The van der Waals surface area contributed by atoms with Crippen LogP contribution in [0.3, 0.4) is 0 Å². The number of carbonyl (C=O) groups excluding carboxylic acids is 1. The number of halogens is 3. The van der Waals surface area contributed by atoms with E-state index in [2.05, 4.69) is 46.1 Å². The third-order valence-electron chi connectivity index (χ3n) is 5.82. The van der Waals surface area contributed by atoms with Crippen LogP contribution in [0.1, 0.15) is 11.1 Å². The molecule has 5 rings (SSSR count). The molecule has 0 spiro atoms. The third-order valence-corrected chi connectivity index (χ3v) is 5.82. The number of carbonyl (C=O) groups is 1. The van der Waals surface area contributed by atoms with Crippen molar-refractivity contribution in [2.24, 2.45) is 0 Å². The summed E-state index contributed by atoms with van der Waals surface area (Å²) in [5, 5.41) is 14.4. The molecule has 2 aromatic carbocycles. The predicted octanol–water partition coefficient (Wildman–Crippen LogP) is 6.13. The van der Waals surface area contributed by atoms with E-state index in [-0.39, 0.29) is 17.1 Å². The maximum atomic E-state index is 13.3. The van der Waals surface area contributed by atoms with E-state index in [0.29, 0.717) is 40.1 Å². The number of aryl methyl sites for hydroxylation is 1. The summed E-state index contributed by atoms with van der Waals surface area (Å²) in [5.41, 5.74) is 1.48. The molecule has 14 heteroatoms. The van der Waals surface area contributed by atoms with Crippen LogP contribution in [0, 0.1) is 6.92 Å². The van der Waals surface area contributed by atoms with Gasteiger partial charge in [0.25, 0.3) is 0 Å². The molecular formula is C27H22F3N9O2. The molecular weight excluding hydrogens is 539 g/mol. The molecule has 0 atom stereocenters. The number of nitrogens with one attached hydrogen (secondary N) is 4. The Morgan fingerprint density at radius 1 is 0.951 bits per heavy atom. The molecule has 0 saturated heterocycles. The molecule has 41 heavy (non-hydrogen) atoms. The van der Waals surface area contributed by atoms with Crippen molar-refractivity contribution < 1.29 is 22.7 Å². The van der Waals surface area contributed by atoms with E-state index in [1.54, 1.807) is 56.7 Å². The molecule has 3 heterocycles. The molecule has 0 aliphatic heterocycles. The molecule has 0 radical (unpaired) electrons. The standard InChI is InChI=1S/C27H22F3N9O2/c1-15-12-17(6-8-22(15)41-24-19(4-3-10-32-24)20-9-11-33-25(31-2)37-20)36-26(40)38-21-13-16(27(28,29)30)5-7-18(21)23-34-14-35-39-23/h3-14H,1-2H3,(H,31,33,37)(H,34,35,39)(H2,36,38,40). The summed E-state index contributed by atoms with van der Waals surface area (Å²) in [4.78, 5) is 29.7. The van der Waals surface area contributed by atoms with Crippen molar-refractivity contribution in [3.63, 3.8) is 0 Å². The van der Waals surface area contributed by atoms with Gasteiger partial charge >= 0.3 is 12.2 Å². The number of ether oxygens (including phenoxy) is 1. The molecule has 3 aromatic heterocycles. The summed E-state index contributed by atoms with van der Waals surface area (Å²) in [6, 6.07) is 12.4. The van der Waals surface area contributed by atoms with Gasteiger partial charge in [-0.05, 0) is 67.1 Å². The molecule has 208 valence electrons. The molecule has 0 unspecified atom stereocenters. The third kappa shape index (κ3) is 6.21. The second-order valence-electron chi connectivity index (χ2n) is 8.61. The topological polar surface area (TPSA) is 143 Å². The molecule has 0 bridgehead atoms. The van der Waals surface area contributed by atoms with Gasteiger partial charge in [-0.15, -0.1) is 0 Å². The van der Waals surface area contributed by atoms with E-state index in [1.807, 2.05) is 6.07 Å². The highest BCUT2D eigenvalue weighted by atomic mass is 19.4. The van der Waals surface area contributed by atoms with Crippen molar-refractivity contribution in [1.82, 2.24) is 30.1 Å². The molecule has 0 aliphatic rings. The second kappa shape index (κ2) is 11.3. The number of pyridine rings is 1. The van der Waals surface area contributed by atoms with Crippen LogP contribution in [0.25, 0.3) is 22.6 Å². The van der Waals surface area contributed by atoms with Gasteiger partial charge in [-0.1, -0.05) is 0 Å². The Bertz CT molecular complexity index is 1690. The van der Waals surface area contributed by atoms with Crippen LogP contribution in [0.4, 0.5) is 35.3 Å². The van der Waals surface area contributed by atoms with Gasteiger partial charge in [0.05, 0.1) is 22.5 Å². The van der Waals surface area contributed by atoms with E-state index in [4.69, 9.17) is 4.74 Å². The lowest BCUT2D eigenvalue weighted by atomic mass is 10.1. The van der Waals surface area contributed by atoms with E-state index >= 15 is 0 Å². The van der Waals surface area contributed by atoms with Crippen molar-refractivity contribution >= 4 is 23.4 Å². The highest BCUT2D eigenvalue weighted by Crippen LogP contribution is 2.36. The fourth-order valence-electron chi connectivity index (χ4n) is 3.88. The van der Waals surface area contributed by atoms with Crippen LogP contribution in [0.2, 0.25) is 0 Å². The van der Waals surface area contributed by atoms with Crippen molar-refractivity contribution in [3.05, 3.63) is 84.4 Å². The fraction of sp³-hybridized carbons (Fsp3) is 0.111. The highest BCUT2D eigenvalue weighted by molar-refractivity contribution is 6.02. The maximum absolute atomic E-state index is 13.3. The number of benzene rings is 2. The molecule has 0 fully saturated rings. The Morgan fingerprint density at radius 2 is 1.80 bits per heavy atom. The number of amides is 2. The van der Waals surface area contributed by atoms with Crippen LogP contribution < -0.4 is 20.7 Å². The number of rotatable bonds is 7. The first-order valence-electron chi connectivity index (χ1n) is 12.1. The molecule has 4 N–H and O–H groups in total. The number of hydrogen-bond donors (Lipinski definition) is 4. The fourth-order valence-corrected chi connectivity index (χ4v) is 3.88. The number of aromatic amines is 1. The minimum atomic E-state index is -4.60. The van der Waals surface area contributed by atoms with Crippen LogP contribution in [0.5, 0.6) is 11.6 Å². The first kappa shape index (κ1) is 27.1. The predicted molar refractivity (Wildman–Crippen MR) is 146 cm³/mol. The SMILES string of the molecule is CNc1nccc(-c2cccnc2Oc2ccc(NC(=O)Nc3cc(C(F)(F)F)ccc3-c3nc[nH]n3)cc2C)n1. The first-order chi connectivity index (χ1) is 19.7. The first-order valence-corrected chi connectivity index (χ1v) is 12.1. The smallest absolute Gasteiger partial charge is 0.416 e. The number of anilines is 3. The van der Waals surface area contributed by atoms with Gasteiger partial charge in [0, 0.05) is 30.7 Å². The van der Waals surface area contributed by atoms with Gasteiger partial charge in [-0.2, -0.15) is 18.3 Å². The maximum Gasteiger partial charge on any atom is 0.416 e. The van der Waals surface area contributed by atoms with E-state index in [0.717, 1.165) is 12.1 Å². The van der Waals surface area contributed by atoms with Crippen LogP contribution in [-0.2, 0) is 6.18 Å². The Labute approximate surface area is 231 Å². The monoisotopic (exact) mass is 561 g/mol. The Morgan fingerprint density at radius 3 is 2.54 bits per heavy atom. The van der Waals surface area contributed by atoms with Crippen LogP contribution in [-0.4, -0.2) is 43.2 Å². The van der Waals surface area contributed by atoms with Gasteiger partial charge in [0.2, 0.25) is 11.8 Å². The van der Waals surface area contributed by atoms with Gasteiger partial charge in [-0.3, -0.25) is 5.10 Å². The average Bonchev–Trinajstić information content (AvgIpc) is 3.49. The average molecular weight is 562 g/mol. The zero-order valence-corrected chi connectivity index (χ0v) is 21.6. The lowest BCUT2D eigenvalue weighted by molar-refractivity contribution is -0.137. The minimum Gasteiger partial charge on any atom is -0.438 e. The Balaban J connectivity index is 1.34. The van der Waals surface area contributed by atoms with E-state index in [1.165, 1.54) is 12.4 Å². The van der Waals surface area contributed by atoms with Crippen molar-refractivity contribution in [3.8, 4) is 34.3 Å². The largest absolute Gasteiger partial charge is 0.438 e. The summed E-state index contributed by atoms with van der Waals surface area (Å²) < 4.78 is 46.1.